The van der Waals surface area contributed by atoms with Crippen LogP contribution in [0.25, 0.3) is 0 Å². The van der Waals surface area contributed by atoms with Crippen molar-refractivity contribution in [2.24, 2.45) is 5.73 Å². The Bertz CT molecular complexity index is 364. The van der Waals surface area contributed by atoms with Gasteiger partial charge in [0.1, 0.15) is 5.69 Å². The maximum atomic E-state index is 13.3. The fourth-order valence-electron chi connectivity index (χ4n) is 1.21. The van der Waals surface area contributed by atoms with Crippen LogP contribution in [0.3, 0.4) is 0 Å². The molecule has 6 heteroatoms. The van der Waals surface area contributed by atoms with E-state index in [1.165, 1.54) is 0 Å². The number of benzene rings is 1. The molecule has 3 N–H and O–H groups in total. The third kappa shape index (κ3) is 2.27. The number of nitrogens with one attached hydrogen (secondary N) is 1. The summed E-state index contributed by atoms with van der Waals surface area (Å²) in [5.41, 5.74) is 3.73. The predicted octanol–water partition coefficient (Wildman–Crippen LogP) is 2.31. The van der Waals surface area contributed by atoms with Crippen LogP contribution in [0.1, 0.15) is 12.0 Å². The Morgan fingerprint density at radius 3 is 1.94 bits per heavy atom. The first kappa shape index (κ1) is 12.8. The quantitative estimate of drug-likeness (QED) is 0.478. The van der Waals surface area contributed by atoms with E-state index in [4.69, 9.17) is 5.73 Å². The van der Waals surface area contributed by atoms with Crippen LogP contribution in [0, 0.1) is 30.2 Å². The highest BCUT2D eigenvalue weighted by atomic mass is 19.2. The van der Waals surface area contributed by atoms with Crippen molar-refractivity contribution in [3.63, 3.8) is 0 Å². The molecule has 1 rings (SSSR count). The van der Waals surface area contributed by atoms with Crippen molar-refractivity contribution in [2.75, 3.05) is 18.4 Å². The van der Waals surface area contributed by atoms with Crippen molar-refractivity contribution in [1.82, 2.24) is 0 Å². The third-order valence-corrected chi connectivity index (χ3v) is 2.17. The summed E-state index contributed by atoms with van der Waals surface area (Å²) in [7, 11) is 0. The van der Waals surface area contributed by atoms with Gasteiger partial charge in [-0.15, -0.1) is 0 Å². The minimum absolute atomic E-state index is 0.145. The zero-order valence-electron chi connectivity index (χ0n) is 8.71. The molecule has 0 heterocycles. The normalized spacial score (nSPS) is 10.6. The number of hydrogen-bond acceptors (Lipinski definition) is 2. The molecule has 0 aliphatic rings. The lowest BCUT2D eigenvalue weighted by Crippen LogP contribution is -2.13. The minimum Gasteiger partial charge on any atom is -0.380 e. The Morgan fingerprint density at radius 2 is 1.50 bits per heavy atom. The van der Waals surface area contributed by atoms with Crippen LogP contribution >= 0.6 is 0 Å². The standard InChI is InChI=1S/C10H12F4N2/c1-5-6(11)8(13)10(9(14)7(5)12)16-4-2-3-15/h16H,2-4,15H2,1H3. The van der Waals surface area contributed by atoms with E-state index < -0.39 is 34.5 Å². The van der Waals surface area contributed by atoms with E-state index in [1.54, 1.807) is 0 Å². The van der Waals surface area contributed by atoms with Crippen molar-refractivity contribution < 1.29 is 17.6 Å². The van der Waals surface area contributed by atoms with Crippen molar-refractivity contribution in [3.8, 4) is 0 Å². The van der Waals surface area contributed by atoms with E-state index in [-0.39, 0.29) is 6.54 Å². The summed E-state index contributed by atoms with van der Waals surface area (Å²) in [5.74, 6) is -5.58. The van der Waals surface area contributed by atoms with Gasteiger partial charge in [0.2, 0.25) is 0 Å². The average molecular weight is 236 g/mol. The number of halogens is 4. The van der Waals surface area contributed by atoms with E-state index in [2.05, 4.69) is 5.32 Å². The summed E-state index contributed by atoms with van der Waals surface area (Å²) < 4.78 is 52.7. The Hall–Kier alpha value is -1.30. The van der Waals surface area contributed by atoms with Crippen LogP contribution in [0.5, 0.6) is 0 Å². The maximum Gasteiger partial charge on any atom is 0.185 e. The average Bonchev–Trinajstić information content (AvgIpc) is 2.28. The number of hydrogen-bond donors (Lipinski definition) is 2. The van der Waals surface area contributed by atoms with Crippen molar-refractivity contribution >= 4 is 5.69 Å². The van der Waals surface area contributed by atoms with Crippen LogP contribution in [-0.2, 0) is 0 Å². The van der Waals surface area contributed by atoms with Crippen molar-refractivity contribution in [2.45, 2.75) is 13.3 Å². The molecule has 0 aliphatic carbocycles. The van der Waals surface area contributed by atoms with Crippen LogP contribution in [0.15, 0.2) is 0 Å². The van der Waals surface area contributed by atoms with E-state index in [0.717, 1.165) is 6.92 Å². The molecule has 0 aliphatic heterocycles. The Labute approximate surface area is 90.4 Å². The molecule has 0 bridgehead atoms. The zero-order valence-corrected chi connectivity index (χ0v) is 8.71. The molecule has 0 aromatic heterocycles. The first-order chi connectivity index (χ1) is 7.50. The molecule has 0 atom stereocenters. The molecule has 0 saturated heterocycles. The lowest BCUT2D eigenvalue weighted by atomic mass is 10.1. The van der Waals surface area contributed by atoms with Crippen molar-refractivity contribution in [3.05, 3.63) is 28.8 Å². The molecule has 0 radical (unpaired) electrons. The Morgan fingerprint density at radius 1 is 1.00 bits per heavy atom. The molecular formula is C10H12F4N2. The van der Waals surface area contributed by atoms with E-state index >= 15 is 0 Å². The first-order valence-electron chi connectivity index (χ1n) is 4.77. The number of rotatable bonds is 4. The van der Waals surface area contributed by atoms with Gasteiger partial charge >= 0.3 is 0 Å². The molecule has 0 spiro atoms. The molecule has 0 unspecified atom stereocenters. The summed E-state index contributed by atoms with van der Waals surface area (Å²) in [6.07, 6.45) is 0.440. The van der Waals surface area contributed by atoms with Crippen LogP contribution < -0.4 is 11.1 Å². The van der Waals surface area contributed by atoms with Gasteiger partial charge in [0.15, 0.2) is 23.3 Å². The van der Waals surface area contributed by atoms with Gasteiger partial charge < -0.3 is 11.1 Å². The first-order valence-corrected chi connectivity index (χ1v) is 4.77. The van der Waals surface area contributed by atoms with Gasteiger partial charge in [-0.3, -0.25) is 0 Å². The van der Waals surface area contributed by atoms with Gasteiger partial charge in [-0.05, 0) is 19.9 Å². The number of nitrogens with two attached hydrogens (primary N) is 1. The van der Waals surface area contributed by atoms with E-state index in [9.17, 15) is 17.6 Å². The molecule has 90 valence electrons. The van der Waals surface area contributed by atoms with Gasteiger partial charge in [-0.25, -0.2) is 17.6 Å². The SMILES string of the molecule is Cc1c(F)c(F)c(NCCCN)c(F)c1F. The molecule has 1 aromatic rings. The topological polar surface area (TPSA) is 38.0 Å². The second-order valence-corrected chi connectivity index (χ2v) is 3.32. The Balaban J connectivity index is 3.08. The Kier molecular flexibility index (Phi) is 4.12. The summed E-state index contributed by atoms with van der Waals surface area (Å²) in [6, 6.07) is 0. The van der Waals surface area contributed by atoms with E-state index in [0.29, 0.717) is 13.0 Å². The third-order valence-electron chi connectivity index (χ3n) is 2.17. The van der Waals surface area contributed by atoms with E-state index in [1.807, 2.05) is 0 Å². The summed E-state index contributed by atoms with van der Waals surface area (Å²) in [5, 5.41) is 2.28. The molecule has 16 heavy (non-hydrogen) atoms. The second kappa shape index (κ2) is 5.16. The van der Waals surface area contributed by atoms with Crippen LogP contribution in [-0.4, -0.2) is 13.1 Å². The smallest absolute Gasteiger partial charge is 0.185 e. The molecule has 0 amide bonds. The van der Waals surface area contributed by atoms with Gasteiger partial charge in [0.25, 0.3) is 0 Å². The van der Waals surface area contributed by atoms with Crippen molar-refractivity contribution in [1.29, 1.82) is 0 Å². The molecular weight excluding hydrogens is 224 g/mol. The zero-order chi connectivity index (χ0) is 12.3. The number of anilines is 1. The highest BCUT2D eigenvalue weighted by molar-refractivity contribution is 5.49. The fraction of sp³-hybridized carbons (Fsp3) is 0.400. The van der Waals surface area contributed by atoms with Gasteiger partial charge in [0.05, 0.1) is 0 Å². The molecule has 0 fully saturated rings. The van der Waals surface area contributed by atoms with Crippen LogP contribution in [0.4, 0.5) is 23.2 Å². The monoisotopic (exact) mass is 236 g/mol. The molecule has 0 saturated carbocycles. The van der Waals surface area contributed by atoms with Crippen LogP contribution in [0.2, 0.25) is 0 Å². The lowest BCUT2D eigenvalue weighted by Gasteiger charge is -2.11. The summed E-state index contributed by atoms with van der Waals surface area (Å²) in [6.45, 7) is 1.43. The largest absolute Gasteiger partial charge is 0.380 e. The maximum absolute atomic E-state index is 13.3. The van der Waals surface area contributed by atoms with Gasteiger partial charge in [-0.2, -0.15) is 0 Å². The second-order valence-electron chi connectivity index (χ2n) is 3.32. The summed E-state index contributed by atoms with van der Waals surface area (Å²) in [4.78, 5) is 0. The predicted molar refractivity (Wildman–Crippen MR) is 53.2 cm³/mol. The minimum atomic E-state index is -1.41. The highest BCUT2D eigenvalue weighted by Gasteiger charge is 2.22. The highest BCUT2D eigenvalue weighted by Crippen LogP contribution is 2.27. The fourth-order valence-corrected chi connectivity index (χ4v) is 1.21. The molecule has 2 nitrogen and oxygen atoms in total. The molecule has 1 aromatic carbocycles. The van der Waals surface area contributed by atoms with Gasteiger partial charge in [-0.1, -0.05) is 0 Å². The van der Waals surface area contributed by atoms with Gasteiger partial charge in [0, 0.05) is 12.1 Å². The lowest BCUT2D eigenvalue weighted by molar-refractivity contribution is 0.449. The summed E-state index contributed by atoms with van der Waals surface area (Å²) >= 11 is 0.